The van der Waals surface area contributed by atoms with Crippen molar-refractivity contribution >= 4 is 84.8 Å². The molecule has 0 nitrogen and oxygen atoms in total. The molecule has 0 spiro atoms. The summed E-state index contributed by atoms with van der Waals surface area (Å²) in [5.74, 6) is 0. The second-order valence-corrected chi connectivity index (χ2v) is 86.1. The third-order valence-electron chi connectivity index (χ3n) is 1.50. The van der Waals surface area contributed by atoms with E-state index in [0.29, 0.717) is 0 Å². The van der Waals surface area contributed by atoms with Gasteiger partial charge in [0.05, 0.1) is 0 Å². The maximum atomic E-state index is 3.75. The molecule has 0 aromatic heterocycles. The van der Waals surface area contributed by atoms with Crippen LogP contribution in [0.5, 0.6) is 0 Å². The Labute approximate surface area is 132 Å². The fraction of sp³-hybridized carbons (Fsp3) is 0.333. The van der Waals surface area contributed by atoms with Gasteiger partial charge in [-0.2, -0.15) is 0 Å². The summed E-state index contributed by atoms with van der Waals surface area (Å²) in [5.41, 5.74) is 0. The molecule has 0 heterocycles. The van der Waals surface area contributed by atoms with Gasteiger partial charge in [-0.25, -0.2) is 0 Å². The van der Waals surface area contributed by atoms with Crippen LogP contribution in [0.4, 0.5) is 0 Å². The summed E-state index contributed by atoms with van der Waals surface area (Å²) in [4.78, 5) is 0. The van der Waals surface area contributed by atoms with Crippen LogP contribution in [-0.2, 0) is 0 Å². The van der Waals surface area contributed by atoms with Gasteiger partial charge in [0.1, 0.15) is 0 Å². The molecular weight excluding hydrogens is 718 g/mol. The molecule has 14 heavy (non-hydrogen) atoms. The van der Waals surface area contributed by atoms with Crippen LogP contribution in [0.1, 0.15) is 0 Å². The SMILES string of the molecule is C=C[CH2][In-]([CH2]C=C)[CH2]C=C.[I][In-]([I])[I]. The average Bonchev–Trinajstić information content (AvgIpc) is 2.04. The van der Waals surface area contributed by atoms with Crippen molar-refractivity contribution < 1.29 is 0 Å². The quantitative estimate of drug-likeness (QED) is 0.257. The molecule has 0 unspecified atom stereocenters. The Morgan fingerprint density at radius 2 is 1.00 bits per heavy atom. The van der Waals surface area contributed by atoms with Crippen LogP contribution >= 0.6 is 54.4 Å². The first-order valence-electron chi connectivity index (χ1n) is 4.33. The third-order valence-corrected chi connectivity index (χ3v) is 10.1. The zero-order valence-corrected chi connectivity index (χ0v) is 21.3. The Morgan fingerprint density at radius 1 is 0.786 bits per heavy atom. The number of allylic oxidation sites excluding steroid dienone is 3. The molecule has 5 heteroatoms. The molecule has 0 amide bonds. The van der Waals surface area contributed by atoms with Gasteiger partial charge in [-0.05, 0) is 0 Å². The topological polar surface area (TPSA) is 0 Å². The minimum absolute atomic E-state index is 0.727. The van der Waals surface area contributed by atoms with E-state index in [9.17, 15) is 0 Å². The number of rotatable bonds is 6. The molecule has 0 aromatic rings. The fourth-order valence-corrected chi connectivity index (χ4v) is 6.68. The molecule has 0 aliphatic carbocycles. The normalized spacial score (nSPS) is 9.21. The summed E-state index contributed by atoms with van der Waals surface area (Å²) in [6.07, 6.45) is 6.15. The van der Waals surface area contributed by atoms with Crippen LogP contribution in [0.2, 0.25) is 12.5 Å². The van der Waals surface area contributed by atoms with Gasteiger partial charge in [0.25, 0.3) is 0 Å². The van der Waals surface area contributed by atoms with Gasteiger partial charge < -0.3 is 0 Å². The van der Waals surface area contributed by atoms with Crippen LogP contribution in [0.15, 0.2) is 38.0 Å². The Balaban J connectivity index is 0. The van der Waals surface area contributed by atoms with Crippen LogP contribution < -0.4 is 0 Å². The number of halogens is 3. The first-order valence-corrected chi connectivity index (χ1v) is 40.1. The Kier molecular flexibility index (Phi) is 22.5. The van der Waals surface area contributed by atoms with Gasteiger partial charge in [-0.1, -0.05) is 0 Å². The van der Waals surface area contributed by atoms with Crippen molar-refractivity contribution in [2.24, 2.45) is 0 Å². The standard InChI is InChI=1S/3C3H5.3HI.2In/c3*1-3-2;;;;;/h3*3H,1-2H2;3*1H;;/q;;;;;;-1;+2/p-3. The first-order chi connectivity index (χ1) is 6.58. The fourth-order valence-electron chi connectivity index (χ4n) is 0.996. The molecule has 0 aliphatic rings. The van der Waals surface area contributed by atoms with E-state index in [2.05, 4.69) is 74.1 Å². The average molecular weight is 734 g/mol. The molecular formula is C9H15I3In2-2. The summed E-state index contributed by atoms with van der Waals surface area (Å²) in [6.45, 7) is 11.2. The minimum atomic E-state index is -1.23. The van der Waals surface area contributed by atoms with Crippen molar-refractivity contribution in [3.05, 3.63) is 38.0 Å². The van der Waals surface area contributed by atoms with E-state index < -0.39 is 30.4 Å². The summed E-state index contributed by atoms with van der Waals surface area (Å²) < 4.78 is 3.83. The van der Waals surface area contributed by atoms with Crippen molar-refractivity contribution in [2.45, 2.75) is 12.5 Å². The predicted molar refractivity (Wildman–Crippen MR) is 98.6 cm³/mol. The van der Waals surface area contributed by atoms with Crippen molar-refractivity contribution in [3.8, 4) is 0 Å². The molecule has 80 valence electrons. The van der Waals surface area contributed by atoms with Crippen molar-refractivity contribution in [1.29, 1.82) is 0 Å². The molecule has 0 atom stereocenters. The van der Waals surface area contributed by atoms with Crippen molar-refractivity contribution in [2.75, 3.05) is 0 Å². The van der Waals surface area contributed by atoms with E-state index in [1.165, 1.54) is 12.5 Å². The maximum absolute atomic E-state index is 3.75. The Hall–Kier alpha value is 3.15. The number of hydrogen-bond acceptors (Lipinski definition) is 0. The van der Waals surface area contributed by atoms with E-state index in [-0.39, 0.29) is 0 Å². The van der Waals surface area contributed by atoms with Crippen LogP contribution in [0.25, 0.3) is 0 Å². The van der Waals surface area contributed by atoms with E-state index in [1.54, 1.807) is 0 Å². The van der Waals surface area contributed by atoms with Gasteiger partial charge >= 0.3 is 135 Å². The Bertz CT molecular complexity index is 134. The molecule has 0 saturated heterocycles. The van der Waals surface area contributed by atoms with Gasteiger partial charge in [0.2, 0.25) is 0 Å². The van der Waals surface area contributed by atoms with E-state index in [1.807, 2.05) is 18.2 Å². The van der Waals surface area contributed by atoms with Crippen LogP contribution in [0.3, 0.4) is 0 Å². The zero-order chi connectivity index (χ0) is 11.4. The Morgan fingerprint density at radius 3 is 1.14 bits per heavy atom. The second kappa shape index (κ2) is 16.2. The number of hydrogen-bond donors (Lipinski definition) is 0. The van der Waals surface area contributed by atoms with Gasteiger partial charge in [-0.15, -0.1) is 0 Å². The molecule has 0 aliphatic heterocycles. The first kappa shape index (κ1) is 19.5. The molecule has 0 saturated carbocycles. The molecule has 2 radical (unpaired) electrons. The molecule has 0 fully saturated rings. The molecule has 0 N–H and O–H groups in total. The van der Waals surface area contributed by atoms with Crippen LogP contribution in [0, 0.1) is 0 Å². The predicted octanol–water partition coefficient (Wildman–Crippen LogP) is 5.32. The summed E-state index contributed by atoms with van der Waals surface area (Å²) in [5, 5.41) is 0. The third kappa shape index (κ3) is 20.5. The van der Waals surface area contributed by atoms with Crippen molar-refractivity contribution in [3.63, 3.8) is 0 Å². The van der Waals surface area contributed by atoms with Gasteiger partial charge in [0.15, 0.2) is 0 Å². The summed E-state index contributed by atoms with van der Waals surface area (Å²) >= 11 is 6.35. The van der Waals surface area contributed by atoms with Gasteiger partial charge in [-0.3, -0.25) is 0 Å². The zero-order valence-electron chi connectivity index (χ0n) is 8.26. The second-order valence-electron chi connectivity index (χ2n) is 2.69. The molecule has 0 bridgehead atoms. The van der Waals surface area contributed by atoms with Gasteiger partial charge in [0, 0.05) is 0 Å². The van der Waals surface area contributed by atoms with E-state index in [0.717, 1.165) is 0 Å². The summed E-state index contributed by atoms with van der Waals surface area (Å²) in [6, 6.07) is 0. The molecule has 0 rings (SSSR count). The summed E-state index contributed by atoms with van der Waals surface area (Å²) in [7, 11) is -0.727. The van der Waals surface area contributed by atoms with Crippen LogP contribution in [-0.4, -0.2) is 30.4 Å². The van der Waals surface area contributed by atoms with E-state index in [4.69, 9.17) is 0 Å². The van der Waals surface area contributed by atoms with Crippen molar-refractivity contribution in [1.82, 2.24) is 0 Å². The monoisotopic (exact) mass is 734 g/mol. The van der Waals surface area contributed by atoms with E-state index >= 15 is 0 Å². The molecule has 0 aromatic carbocycles.